The fourth-order valence-electron chi connectivity index (χ4n) is 4.86. The summed E-state index contributed by atoms with van der Waals surface area (Å²) in [5.74, 6) is -0.604. The first-order valence-corrected chi connectivity index (χ1v) is 13.5. The van der Waals surface area contributed by atoms with Gasteiger partial charge in [0.2, 0.25) is 10.0 Å². The van der Waals surface area contributed by atoms with Crippen molar-refractivity contribution in [2.24, 2.45) is 0 Å². The normalized spacial score (nSPS) is 17.8. The SMILES string of the molecule is CCOC(=O)C1=C[C@H](c2ccccc2)N(S(=O)(=O)c2ccc([N+](=O)[O-])cc2)[C@@H]1c1cccc2ccccc12. The zero-order chi connectivity index (χ0) is 26.9. The molecular weight excluding hydrogens is 504 g/mol. The summed E-state index contributed by atoms with van der Waals surface area (Å²) in [5.41, 5.74) is 1.29. The number of nitro benzene ring substituents is 1. The zero-order valence-corrected chi connectivity index (χ0v) is 21.2. The van der Waals surface area contributed by atoms with Crippen LogP contribution >= 0.6 is 0 Å². The lowest BCUT2D eigenvalue weighted by atomic mass is 9.95. The van der Waals surface area contributed by atoms with E-state index in [9.17, 15) is 23.3 Å². The van der Waals surface area contributed by atoms with Crippen molar-refractivity contribution in [3.05, 3.63) is 130 Å². The number of hydrogen-bond donors (Lipinski definition) is 0. The summed E-state index contributed by atoms with van der Waals surface area (Å²) in [6, 6.07) is 25.1. The average Bonchev–Trinajstić information content (AvgIpc) is 3.35. The highest BCUT2D eigenvalue weighted by Gasteiger charge is 2.47. The standard InChI is InChI=1S/C29H24N2O6S/c1-2-37-29(32)26-19-27(21-10-4-3-5-11-21)30(38(35,36)23-17-15-22(16-18-23)31(33)34)28(26)25-14-8-12-20-9-6-7-13-24(20)25/h3-19,27-28H,2H2,1H3/t27-,28-/m1/s1. The van der Waals surface area contributed by atoms with E-state index in [1.165, 1.54) is 16.4 Å². The number of ether oxygens (including phenoxy) is 1. The van der Waals surface area contributed by atoms with Gasteiger partial charge in [0.05, 0.1) is 34.1 Å². The maximum atomic E-state index is 14.3. The molecule has 0 spiro atoms. The number of non-ortho nitro benzene ring substituents is 1. The van der Waals surface area contributed by atoms with Gasteiger partial charge in [-0.2, -0.15) is 4.31 Å². The van der Waals surface area contributed by atoms with Crippen LogP contribution in [0.15, 0.2) is 114 Å². The molecule has 0 saturated heterocycles. The van der Waals surface area contributed by atoms with E-state index in [0.717, 1.165) is 22.9 Å². The van der Waals surface area contributed by atoms with Crippen LogP contribution in [0.2, 0.25) is 0 Å². The number of sulfonamides is 1. The Morgan fingerprint density at radius 2 is 1.58 bits per heavy atom. The van der Waals surface area contributed by atoms with E-state index in [0.29, 0.717) is 11.1 Å². The lowest BCUT2D eigenvalue weighted by molar-refractivity contribution is -0.384. The van der Waals surface area contributed by atoms with E-state index in [2.05, 4.69) is 0 Å². The van der Waals surface area contributed by atoms with Gasteiger partial charge in [0, 0.05) is 12.1 Å². The van der Waals surface area contributed by atoms with Gasteiger partial charge in [-0.15, -0.1) is 0 Å². The summed E-state index contributed by atoms with van der Waals surface area (Å²) in [7, 11) is -4.27. The number of carbonyl (C=O) groups is 1. The molecule has 0 fully saturated rings. The molecule has 2 atom stereocenters. The molecule has 5 rings (SSSR count). The van der Waals surface area contributed by atoms with Gasteiger partial charge in [-0.05, 0) is 47.0 Å². The Bertz CT molecular complexity index is 1640. The number of benzene rings is 4. The molecule has 0 aromatic heterocycles. The fraction of sp³-hybridized carbons (Fsp3) is 0.138. The number of esters is 1. The number of hydrogen-bond acceptors (Lipinski definition) is 6. The van der Waals surface area contributed by atoms with Crippen LogP contribution in [0.5, 0.6) is 0 Å². The van der Waals surface area contributed by atoms with Gasteiger partial charge in [-0.3, -0.25) is 10.1 Å². The summed E-state index contributed by atoms with van der Waals surface area (Å²) < 4.78 is 35.3. The Balaban J connectivity index is 1.76. The highest BCUT2D eigenvalue weighted by atomic mass is 32.2. The molecule has 8 nitrogen and oxygen atoms in total. The van der Waals surface area contributed by atoms with Crippen LogP contribution < -0.4 is 0 Å². The second-order valence-corrected chi connectivity index (χ2v) is 10.6. The van der Waals surface area contributed by atoms with E-state index in [1.807, 2.05) is 48.5 Å². The highest BCUT2D eigenvalue weighted by molar-refractivity contribution is 7.89. The third kappa shape index (κ3) is 4.46. The molecule has 1 aliphatic heterocycles. The third-order valence-electron chi connectivity index (χ3n) is 6.55. The molecule has 0 radical (unpaired) electrons. The van der Waals surface area contributed by atoms with E-state index < -0.39 is 33.0 Å². The quantitative estimate of drug-likeness (QED) is 0.172. The van der Waals surface area contributed by atoms with Gasteiger partial charge < -0.3 is 4.74 Å². The van der Waals surface area contributed by atoms with E-state index in [4.69, 9.17) is 4.74 Å². The molecule has 9 heteroatoms. The molecule has 1 heterocycles. The number of carbonyl (C=O) groups excluding carboxylic acids is 1. The summed E-state index contributed by atoms with van der Waals surface area (Å²) in [6.07, 6.45) is 1.64. The Labute approximate surface area is 220 Å². The Kier molecular flexibility index (Phi) is 6.79. The minimum absolute atomic E-state index is 0.118. The zero-order valence-electron chi connectivity index (χ0n) is 20.4. The molecule has 0 aliphatic carbocycles. The number of rotatable bonds is 7. The van der Waals surface area contributed by atoms with Crippen molar-refractivity contribution in [3.8, 4) is 0 Å². The van der Waals surface area contributed by atoms with Gasteiger partial charge >= 0.3 is 5.97 Å². The second-order valence-electron chi connectivity index (χ2n) is 8.75. The third-order valence-corrected chi connectivity index (χ3v) is 8.41. The average molecular weight is 529 g/mol. The predicted octanol–water partition coefficient (Wildman–Crippen LogP) is 5.72. The summed E-state index contributed by atoms with van der Waals surface area (Å²) in [4.78, 5) is 23.8. The lowest BCUT2D eigenvalue weighted by Crippen LogP contribution is -2.35. The van der Waals surface area contributed by atoms with Crippen molar-refractivity contribution in [1.82, 2.24) is 4.31 Å². The van der Waals surface area contributed by atoms with Crippen LogP contribution in [-0.4, -0.2) is 30.2 Å². The van der Waals surface area contributed by atoms with Gasteiger partial charge in [0.15, 0.2) is 0 Å². The Morgan fingerprint density at radius 3 is 2.26 bits per heavy atom. The second kappa shape index (κ2) is 10.2. The van der Waals surface area contributed by atoms with Gasteiger partial charge in [0.1, 0.15) is 0 Å². The smallest absolute Gasteiger partial charge is 0.335 e. The molecule has 0 unspecified atom stereocenters. The van der Waals surface area contributed by atoms with Gasteiger partial charge in [0.25, 0.3) is 5.69 Å². The van der Waals surface area contributed by atoms with Crippen molar-refractivity contribution in [1.29, 1.82) is 0 Å². The van der Waals surface area contributed by atoms with Gasteiger partial charge in [-0.1, -0.05) is 72.8 Å². The summed E-state index contributed by atoms with van der Waals surface area (Å²) >= 11 is 0. The van der Waals surface area contributed by atoms with Crippen LogP contribution in [0.25, 0.3) is 10.8 Å². The van der Waals surface area contributed by atoms with Crippen molar-refractivity contribution in [2.75, 3.05) is 6.61 Å². The maximum Gasteiger partial charge on any atom is 0.335 e. The Morgan fingerprint density at radius 1 is 0.921 bits per heavy atom. The van der Waals surface area contributed by atoms with E-state index >= 15 is 0 Å². The highest BCUT2D eigenvalue weighted by Crippen LogP contribution is 2.48. The minimum atomic E-state index is -4.27. The lowest BCUT2D eigenvalue weighted by Gasteiger charge is -2.31. The number of nitro groups is 1. The first-order valence-electron chi connectivity index (χ1n) is 12.0. The molecule has 38 heavy (non-hydrogen) atoms. The van der Waals surface area contributed by atoms with Crippen LogP contribution in [0.1, 0.15) is 30.1 Å². The first kappa shape index (κ1) is 25.3. The van der Waals surface area contributed by atoms with Crippen molar-refractivity contribution < 1.29 is 22.9 Å². The molecule has 0 bridgehead atoms. The van der Waals surface area contributed by atoms with Crippen LogP contribution in [0, 0.1) is 10.1 Å². The molecule has 192 valence electrons. The number of fused-ring (bicyclic) bond motifs is 1. The molecule has 0 N–H and O–H groups in total. The van der Waals surface area contributed by atoms with Crippen molar-refractivity contribution >= 4 is 32.5 Å². The van der Waals surface area contributed by atoms with Crippen LogP contribution in [0.3, 0.4) is 0 Å². The topological polar surface area (TPSA) is 107 Å². The largest absolute Gasteiger partial charge is 0.463 e. The van der Waals surface area contributed by atoms with E-state index in [1.54, 1.807) is 37.3 Å². The summed E-state index contributed by atoms with van der Waals surface area (Å²) in [6.45, 7) is 1.82. The first-order chi connectivity index (χ1) is 18.3. The summed E-state index contributed by atoms with van der Waals surface area (Å²) in [5, 5.41) is 12.9. The molecule has 1 aliphatic rings. The fourth-order valence-corrected chi connectivity index (χ4v) is 6.57. The van der Waals surface area contributed by atoms with Crippen LogP contribution in [0.4, 0.5) is 5.69 Å². The minimum Gasteiger partial charge on any atom is -0.463 e. The van der Waals surface area contributed by atoms with Crippen LogP contribution in [-0.2, 0) is 19.6 Å². The monoisotopic (exact) mass is 528 g/mol. The predicted molar refractivity (Wildman–Crippen MR) is 143 cm³/mol. The Hall–Kier alpha value is -4.34. The molecule has 4 aromatic rings. The molecular formula is C29H24N2O6S. The van der Waals surface area contributed by atoms with E-state index in [-0.39, 0.29) is 22.8 Å². The number of nitrogens with zero attached hydrogens (tertiary/aromatic N) is 2. The molecule has 0 amide bonds. The molecule has 4 aromatic carbocycles. The maximum absolute atomic E-state index is 14.3. The van der Waals surface area contributed by atoms with Crippen molar-refractivity contribution in [2.45, 2.75) is 23.9 Å². The van der Waals surface area contributed by atoms with Crippen molar-refractivity contribution in [3.63, 3.8) is 0 Å². The molecule has 0 saturated carbocycles. The van der Waals surface area contributed by atoms with Gasteiger partial charge in [-0.25, -0.2) is 13.2 Å².